The van der Waals surface area contributed by atoms with Crippen molar-refractivity contribution in [3.05, 3.63) is 65.3 Å². The number of nitrogens with zero attached hydrogens (tertiary/aromatic N) is 5. The molecular formula is C22H18ClF2N5O3. The molecule has 0 amide bonds. The highest BCUT2D eigenvalue weighted by Crippen LogP contribution is 2.33. The highest BCUT2D eigenvalue weighted by Gasteiger charge is 2.24. The molecule has 0 aliphatic heterocycles. The molecule has 0 N–H and O–H groups in total. The van der Waals surface area contributed by atoms with Gasteiger partial charge in [0.1, 0.15) is 12.1 Å². The molecule has 0 atom stereocenters. The Morgan fingerprint density at radius 2 is 1.85 bits per heavy atom. The van der Waals surface area contributed by atoms with Crippen LogP contribution < -0.4 is 9.64 Å². The van der Waals surface area contributed by atoms with Gasteiger partial charge in [-0.1, -0.05) is 29.8 Å². The van der Waals surface area contributed by atoms with Crippen LogP contribution in [0.1, 0.15) is 6.92 Å². The van der Waals surface area contributed by atoms with Gasteiger partial charge in [-0.25, -0.2) is 18.7 Å². The summed E-state index contributed by atoms with van der Waals surface area (Å²) in [4.78, 5) is 26.6. The van der Waals surface area contributed by atoms with Gasteiger partial charge in [-0.3, -0.25) is 14.3 Å². The summed E-state index contributed by atoms with van der Waals surface area (Å²) < 4.78 is 39.8. The molecule has 33 heavy (non-hydrogen) atoms. The third-order valence-electron chi connectivity index (χ3n) is 4.77. The van der Waals surface area contributed by atoms with Gasteiger partial charge in [-0.05, 0) is 31.2 Å². The molecule has 0 aliphatic carbocycles. The van der Waals surface area contributed by atoms with E-state index in [9.17, 15) is 13.6 Å². The van der Waals surface area contributed by atoms with Crippen LogP contribution >= 0.6 is 11.6 Å². The molecular weight excluding hydrogens is 456 g/mol. The van der Waals surface area contributed by atoms with E-state index in [0.717, 1.165) is 12.1 Å². The number of para-hydroxylation sites is 2. The average Bonchev–Trinajstić information content (AvgIpc) is 3.18. The van der Waals surface area contributed by atoms with E-state index in [2.05, 4.69) is 15.0 Å². The lowest BCUT2D eigenvalue weighted by Gasteiger charge is -2.24. The minimum atomic E-state index is -0.883. The lowest BCUT2D eigenvalue weighted by Crippen LogP contribution is -2.29. The Labute approximate surface area is 192 Å². The predicted octanol–water partition coefficient (Wildman–Crippen LogP) is 4.88. The van der Waals surface area contributed by atoms with E-state index >= 15 is 0 Å². The van der Waals surface area contributed by atoms with E-state index in [4.69, 9.17) is 21.1 Å². The highest BCUT2D eigenvalue weighted by atomic mass is 35.5. The zero-order valence-electron chi connectivity index (χ0n) is 17.6. The minimum absolute atomic E-state index is 0.166. The Hall–Kier alpha value is -3.79. The standard InChI is InChI=1S/C22H18ClF2N5O3/c1-3-29-20-16(11-26-21(28-20)33-19-14(24)8-6-9-15(19)25)27-22(29)30(12-18(31)32-2)17-10-5-4-7-13(17)23/h4-11H,3,12H2,1-2H3. The molecule has 2 aromatic carbocycles. The molecule has 170 valence electrons. The zero-order valence-corrected chi connectivity index (χ0v) is 18.4. The van der Waals surface area contributed by atoms with E-state index < -0.39 is 23.4 Å². The normalized spacial score (nSPS) is 10.9. The van der Waals surface area contributed by atoms with Gasteiger partial charge in [-0.15, -0.1) is 0 Å². The number of methoxy groups -OCH3 is 1. The molecule has 0 unspecified atom stereocenters. The number of ether oxygens (including phenoxy) is 2. The van der Waals surface area contributed by atoms with Crippen LogP contribution in [0.4, 0.5) is 20.4 Å². The van der Waals surface area contributed by atoms with Gasteiger partial charge >= 0.3 is 12.0 Å². The Balaban J connectivity index is 1.81. The van der Waals surface area contributed by atoms with Gasteiger partial charge in [0, 0.05) is 6.54 Å². The molecule has 0 spiro atoms. The topological polar surface area (TPSA) is 82.4 Å². The fourth-order valence-electron chi connectivity index (χ4n) is 3.24. The SMILES string of the molecule is CCn1c(N(CC(=O)OC)c2ccccc2Cl)nc2cnc(Oc3c(F)cccc3F)nc21. The van der Waals surface area contributed by atoms with Crippen molar-refractivity contribution >= 4 is 40.4 Å². The molecule has 2 aromatic heterocycles. The van der Waals surface area contributed by atoms with Crippen molar-refractivity contribution in [1.29, 1.82) is 0 Å². The number of aromatic nitrogens is 4. The number of anilines is 2. The number of fused-ring (bicyclic) bond motifs is 1. The second-order valence-corrected chi connectivity index (χ2v) is 7.19. The number of carbonyl (C=O) groups excluding carboxylic acids is 1. The summed E-state index contributed by atoms with van der Waals surface area (Å²) in [6.45, 7) is 2.09. The van der Waals surface area contributed by atoms with E-state index in [1.807, 2.05) is 6.92 Å². The van der Waals surface area contributed by atoms with Crippen LogP contribution in [0.5, 0.6) is 11.8 Å². The molecule has 11 heteroatoms. The van der Waals surface area contributed by atoms with Gasteiger partial charge in [-0.2, -0.15) is 4.98 Å². The van der Waals surface area contributed by atoms with E-state index in [1.165, 1.54) is 19.4 Å². The van der Waals surface area contributed by atoms with Crippen molar-refractivity contribution in [3.8, 4) is 11.8 Å². The first-order chi connectivity index (χ1) is 15.9. The fraction of sp³-hybridized carbons (Fsp3) is 0.182. The van der Waals surface area contributed by atoms with E-state index in [1.54, 1.807) is 33.7 Å². The molecule has 0 aliphatic rings. The van der Waals surface area contributed by atoms with Gasteiger partial charge in [0.15, 0.2) is 17.3 Å². The number of rotatable bonds is 7. The second-order valence-electron chi connectivity index (χ2n) is 6.78. The molecule has 4 rings (SSSR count). The monoisotopic (exact) mass is 473 g/mol. The number of carbonyl (C=O) groups is 1. The smallest absolute Gasteiger partial charge is 0.325 e. The molecule has 0 bridgehead atoms. The molecule has 2 heterocycles. The van der Waals surface area contributed by atoms with Crippen LogP contribution in [0.25, 0.3) is 11.2 Å². The second kappa shape index (κ2) is 9.37. The Kier molecular flexibility index (Phi) is 6.36. The predicted molar refractivity (Wildman–Crippen MR) is 118 cm³/mol. The van der Waals surface area contributed by atoms with Gasteiger partial charge in [0.05, 0.1) is 24.0 Å². The Bertz CT molecular complexity index is 1310. The van der Waals surface area contributed by atoms with Crippen LogP contribution in [0.3, 0.4) is 0 Å². The van der Waals surface area contributed by atoms with Gasteiger partial charge in [0.25, 0.3) is 0 Å². The molecule has 0 saturated carbocycles. The number of hydrogen-bond acceptors (Lipinski definition) is 7. The lowest BCUT2D eigenvalue weighted by molar-refractivity contribution is -0.138. The maximum absolute atomic E-state index is 14.0. The Morgan fingerprint density at radius 1 is 1.12 bits per heavy atom. The lowest BCUT2D eigenvalue weighted by atomic mass is 10.3. The first kappa shape index (κ1) is 22.4. The van der Waals surface area contributed by atoms with Crippen LogP contribution in [-0.4, -0.2) is 39.1 Å². The summed E-state index contributed by atoms with van der Waals surface area (Å²) in [6, 6.07) is 10.1. The Morgan fingerprint density at radius 3 is 2.52 bits per heavy atom. The quantitative estimate of drug-likeness (QED) is 0.354. The van der Waals surface area contributed by atoms with Crippen molar-refractivity contribution in [2.45, 2.75) is 13.5 Å². The summed E-state index contributed by atoms with van der Waals surface area (Å²) >= 11 is 6.39. The summed E-state index contributed by atoms with van der Waals surface area (Å²) in [6.07, 6.45) is 1.37. The molecule has 0 fully saturated rings. The molecule has 4 aromatic rings. The summed E-state index contributed by atoms with van der Waals surface area (Å²) in [7, 11) is 1.28. The van der Waals surface area contributed by atoms with Crippen LogP contribution in [-0.2, 0) is 16.1 Å². The minimum Gasteiger partial charge on any atom is -0.468 e. The third-order valence-corrected chi connectivity index (χ3v) is 5.09. The zero-order chi connectivity index (χ0) is 23.5. The van der Waals surface area contributed by atoms with Crippen molar-refractivity contribution < 1.29 is 23.0 Å². The molecule has 0 saturated heterocycles. The number of benzene rings is 2. The average molecular weight is 474 g/mol. The van der Waals surface area contributed by atoms with Crippen LogP contribution in [0.2, 0.25) is 5.02 Å². The largest absolute Gasteiger partial charge is 0.468 e. The van der Waals surface area contributed by atoms with Gasteiger partial charge < -0.3 is 9.47 Å². The molecule has 0 radical (unpaired) electrons. The number of imidazole rings is 1. The van der Waals surface area contributed by atoms with Crippen molar-refractivity contribution in [2.75, 3.05) is 18.6 Å². The van der Waals surface area contributed by atoms with E-state index in [-0.39, 0.29) is 12.6 Å². The van der Waals surface area contributed by atoms with Crippen LogP contribution in [0.15, 0.2) is 48.7 Å². The van der Waals surface area contributed by atoms with Crippen molar-refractivity contribution in [3.63, 3.8) is 0 Å². The maximum atomic E-state index is 14.0. The number of halogens is 3. The third kappa shape index (κ3) is 4.42. The van der Waals surface area contributed by atoms with Crippen LogP contribution in [0, 0.1) is 11.6 Å². The molecule has 8 nitrogen and oxygen atoms in total. The first-order valence-electron chi connectivity index (χ1n) is 9.87. The van der Waals surface area contributed by atoms with Crippen molar-refractivity contribution in [2.24, 2.45) is 0 Å². The number of hydrogen-bond donors (Lipinski definition) is 0. The summed E-state index contributed by atoms with van der Waals surface area (Å²) in [5.74, 6) is -2.52. The first-order valence-corrected chi connectivity index (χ1v) is 10.2. The number of aryl methyl sites for hydroxylation is 1. The fourth-order valence-corrected chi connectivity index (χ4v) is 3.47. The maximum Gasteiger partial charge on any atom is 0.325 e. The highest BCUT2D eigenvalue weighted by molar-refractivity contribution is 6.33. The summed E-state index contributed by atoms with van der Waals surface area (Å²) in [5, 5.41) is 0.404. The van der Waals surface area contributed by atoms with E-state index in [0.29, 0.717) is 34.4 Å². The van der Waals surface area contributed by atoms with Gasteiger partial charge in [0.2, 0.25) is 11.7 Å². The van der Waals surface area contributed by atoms with Crippen molar-refractivity contribution in [1.82, 2.24) is 19.5 Å². The summed E-state index contributed by atoms with van der Waals surface area (Å²) in [5.41, 5.74) is 1.26. The number of esters is 1.